The van der Waals surface area contributed by atoms with Gasteiger partial charge in [-0.05, 0) is 18.1 Å². The molecule has 0 heterocycles. The Morgan fingerprint density at radius 3 is 2.75 bits per heavy atom. The highest BCUT2D eigenvalue weighted by Gasteiger charge is 2.12. The molecule has 0 saturated heterocycles. The molecule has 0 spiro atoms. The molecule has 0 atom stereocenters. The number of hydrogen-bond donors (Lipinski definition) is 4. The summed E-state index contributed by atoms with van der Waals surface area (Å²) in [5.74, 6) is -0.111. The third-order valence-electron chi connectivity index (χ3n) is 3.00. The second kappa shape index (κ2) is 8.16. The van der Waals surface area contributed by atoms with Crippen molar-refractivity contribution in [3.8, 4) is 0 Å². The molecule has 6 heteroatoms. The monoisotopic (exact) mass is 279 g/mol. The molecule has 20 heavy (non-hydrogen) atoms. The maximum atomic E-state index is 11.2. The Morgan fingerprint density at radius 2 is 2.15 bits per heavy atom. The van der Waals surface area contributed by atoms with Crippen molar-refractivity contribution in [3.63, 3.8) is 0 Å². The van der Waals surface area contributed by atoms with Gasteiger partial charge in [-0.2, -0.15) is 0 Å². The van der Waals surface area contributed by atoms with E-state index in [4.69, 9.17) is 10.6 Å². The Labute approximate surface area is 118 Å². The fourth-order valence-corrected chi connectivity index (χ4v) is 1.91. The first kappa shape index (κ1) is 16.0. The molecule has 1 rings (SSSR count). The predicted octanol–water partition coefficient (Wildman–Crippen LogP) is 2.66. The number of amides is 1. The molecular formula is C14H21N3O3. The first-order valence-electron chi connectivity index (χ1n) is 6.64. The summed E-state index contributed by atoms with van der Waals surface area (Å²) in [6.45, 7) is 2.86. The lowest BCUT2D eigenvalue weighted by atomic mass is 10.1. The van der Waals surface area contributed by atoms with Crippen molar-refractivity contribution < 1.29 is 15.1 Å². The zero-order chi connectivity index (χ0) is 15.0. The van der Waals surface area contributed by atoms with Crippen LogP contribution in [0.25, 0.3) is 0 Å². The summed E-state index contributed by atoms with van der Waals surface area (Å²) in [5, 5.41) is 25.4. The van der Waals surface area contributed by atoms with E-state index in [1.807, 2.05) is 6.07 Å². The number of nitrogens with zero attached hydrogens (tertiary/aromatic N) is 1. The van der Waals surface area contributed by atoms with Gasteiger partial charge in [-0.3, -0.25) is 16.1 Å². The molecule has 0 bridgehead atoms. The Kier molecular flexibility index (Phi) is 6.52. The first-order valence-corrected chi connectivity index (χ1v) is 6.64. The van der Waals surface area contributed by atoms with Crippen LogP contribution in [0.5, 0.6) is 0 Å². The number of carboxylic acid groups (broad SMARTS) is 1. The van der Waals surface area contributed by atoms with E-state index >= 15 is 0 Å². The highest BCUT2D eigenvalue weighted by atomic mass is 16.5. The van der Waals surface area contributed by atoms with Crippen LogP contribution in [0.4, 0.5) is 4.79 Å². The maximum absolute atomic E-state index is 11.2. The number of hydrogen-bond acceptors (Lipinski definition) is 3. The summed E-state index contributed by atoms with van der Waals surface area (Å²) >= 11 is 0. The van der Waals surface area contributed by atoms with E-state index in [1.165, 1.54) is 4.90 Å². The number of hydroxylamine groups is 1. The van der Waals surface area contributed by atoms with Gasteiger partial charge < -0.3 is 10.0 Å². The molecule has 1 amide bonds. The SMILES string of the molecule is CCCCCN(Cc1cccc(C(=N)NO)c1)C(=O)O. The Hall–Kier alpha value is -2.08. The number of carbonyl (C=O) groups is 1. The van der Waals surface area contributed by atoms with Crippen LogP contribution in [0, 0.1) is 5.41 Å². The molecule has 0 unspecified atom stereocenters. The molecular weight excluding hydrogens is 258 g/mol. The Morgan fingerprint density at radius 1 is 1.40 bits per heavy atom. The zero-order valence-electron chi connectivity index (χ0n) is 11.6. The van der Waals surface area contributed by atoms with E-state index < -0.39 is 6.09 Å². The summed E-state index contributed by atoms with van der Waals surface area (Å²) in [6.07, 6.45) is 1.95. The number of benzene rings is 1. The van der Waals surface area contributed by atoms with Crippen LogP contribution in [-0.2, 0) is 6.54 Å². The van der Waals surface area contributed by atoms with Crippen molar-refractivity contribution in [2.75, 3.05) is 6.54 Å². The van der Waals surface area contributed by atoms with Gasteiger partial charge in [0.2, 0.25) is 0 Å². The first-order chi connectivity index (χ1) is 9.58. The molecule has 1 aromatic rings. The van der Waals surface area contributed by atoms with Crippen LogP contribution in [0.2, 0.25) is 0 Å². The van der Waals surface area contributed by atoms with Gasteiger partial charge in [-0.1, -0.05) is 38.0 Å². The maximum Gasteiger partial charge on any atom is 0.407 e. The molecule has 0 aliphatic rings. The van der Waals surface area contributed by atoms with Crippen LogP contribution in [-0.4, -0.2) is 33.7 Å². The molecule has 0 radical (unpaired) electrons. The van der Waals surface area contributed by atoms with Gasteiger partial charge in [0.15, 0.2) is 0 Å². The fourth-order valence-electron chi connectivity index (χ4n) is 1.91. The lowest BCUT2D eigenvalue weighted by Crippen LogP contribution is -2.30. The van der Waals surface area contributed by atoms with Crippen molar-refractivity contribution >= 4 is 11.9 Å². The summed E-state index contributed by atoms with van der Waals surface area (Å²) in [7, 11) is 0. The second-order valence-electron chi connectivity index (χ2n) is 4.60. The lowest BCUT2D eigenvalue weighted by Gasteiger charge is -2.19. The highest BCUT2D eigenvalue weighted by molar-refractivity contribution is 5.95. The number of amidine groups is 1. The van der Waals surface area contributed by atoms with Crippen LogP contribution in [0.1, 0.15) is 37.3 Å². The van der Waals surface area contributed by atoms with Crippen LogP contribution in [0.15, 0.2) is 24.3 Å². The van der Waals surface area contributed by atoms with Crippen LogP contribution in [0.3, 0.4) is 0 Å². The van der Waals surface area contributed by atoms with Crippen LogP contribution >= 0.6 is 0 Å². The topological polar surface area (TPSA) is 96.7 Å². The number of nitrogens with one attached hydrogen (secondary N) is 2. The van der Waals surface area contributed by atoms with Gasteiger partial charge in [0.25, 0.3) is 0 Å². The fraction of sp³-hybridized carbons (Fsp3) is 0.429. The molecule has 4 N–H and O–H groups in total. The van der Waals surface area contributed by atoms with Gasteiger partial charge in [-0.25, -0.2) is 4.79 Å². The number of unbranched alkanes of at least 4 members (excludes halogenated alkanes) is 2. The standard InChI is InChI=1S/C14H21N3O3/c1-2-3-4-8-17(14(18)19)10-11-6-5-7-12(9-11)13(15)16-20/h5-7,9,20H,2-4,8,10H2,1H3,(H2,15,16)(H,18,19). The van der Waals surface area contributed by atoms with E-state index in [0.717, 1.165) is 24.8 Å². The molecule has 0 saturated carbocycles. The summed E-state index contributed by atoms with van der Waals surface area (Å²) in [4.78, 5) is 12.6. The average molecular weight is 279 g/mol. The van der Waals surface area contributed by atoms with Gasteiger partial charge in [0, 0.05) is 18.7 Å². The molecule has 0 fully saturated rings. The van der Waals surface area contributed by atoms with E-state index in [9.17, 15) is 9.90 Å². The lowest BCUT2D eigenvalue weighted by molar-refractivity contribution is 0.141. The van der Waals surface area contributed by atoms with Gasteiger partial charge in [0.1, 0.15) is 5.84 Å². The molecule has 0 aliphatic carbocycles. The zero-order valence-corrected chi connectivity index (χ0v) is 11.6. The van der Waals surface area contributed by atoms with Gasteiger partial charge >= 0.3 is 6.09 Å². The molecule has 6 nitrogen and oxygen atoms in total. The third-order valence-corrected chi connectivity index (χ3v) is 3.00. The third kappa shape index (κ3) is 4.89. The van der Waals surface area contributed by atoms with E-state index in [-0.39, 0.29) is 12.4 Å². The molecule has 110 valence electrons. The minimum absolute atomic E-state index is 0.111. The van der Waals surface area contributed by atoms with Crippen molar-refractivity contribution in [2.24, 2.45) is 0 Å². The van der Waals surface area contributed by atoms with E-state index in [2.05, 4.69) is 6.92 Å². The number of rotatable bonds is 7. The summed E-state index contributed by atoms with van der Waals surface area (Å²) in [5.41, 5.74) is 3.09. The molecule has 1 aromatic carbocycles. The van der Waals surface area contributed by atoms with E-state index in [0.29, 0.717) is 12.1 Å². The smallest absolute Gasteiger partial charge is 0.407 e. The second-order valence-corrected chi connectivity index (χ2v) is 4.60. The van der Waals surface area contributed by atoms with Crippen molar-refractivity contribution in [3.05, 3.63) is 35.4 Å². The van der Waals surface area contributed by atoms with E-state index in [1.54, 1.807) is 23.7 Å². The summed E-state index contributed by atoms with van der Waals surface area (Å²) in [6, 6.07) is 6.92. The minimum atomic E-state index is -0.943. The van der Waals surface area contributed by atoms with Crippen molar-refractivity contribution in [1.82, 2.24) is 10.4 Å². The molecule has 0 aliphatic heterocycles. The Balaban J connectivity index is 2.73. The van der Waals surface area contributed by atoms with Crippen LogP contribution < -0.4 is 5.48 Å². The largest absolute Gasteiger partial charge is 0.465 e. The highest BCUT2D eigenvalue weighted by Crippen LogP contribution is 2.10. The Bertz CT molecular complexity index is 463. The minimum Gasteiger partial charge on any atom is -0.465 e. The van der Waals surface area contributed by atoms with Gasteiger partial charge in [-0.15, -0.1) is 0 Å². The normalized spacial score (nSPS) is 10.1. The summed E-state index contributed by atoms with van der Waals surface area (Å²) < 4.78 is 0. The van der Waals surface area contributed by atoms with Crippen molar-refractivity contribution in [1.29, 1.82) is 5.41 Å². The van der Waals surface area contributed by atoms with Gasteiger partial charge in [0.05, 0.1) is 0 Å². The quantitative estimate of drug-likeness (QED) is 0.267. The average Bonchev–Trinajstić information content (AvgIpc) is 2.45. The predicted molar refractivity (Wildman–Crippen MR) is 76.2 cm³/mol. The molecule has 0 aromatic heterocycles. The van der Waals surface area contributed by atoms with Crippen molar-refractivity contribution in [2.45, 2.75) is 32.7 Å².